The lowest BCUT2D eigenvalue weighted by Gasteiger charge is -2.35. The van der Waals surface area contributed by atoms with Gasteiger partial charge in [0.1, 0.15) is 18.3 Å². The molecular formula is C36H39Cl2N3O5S. The van der Waals surface area contributed by atoms with Crippen LogP contribution in [0.3, 0.4) is 0 Å². The van der Waals surface area contributed by atoms with Gasteiger partial charge >= 0.3 is 0 Å². The van der Waals surface area contributed by atoms with Crippen LogP contribution in [-0.4, -0.2) is 50.4 Å². The molecule has 0 aliphatic carbocycles. The van der Waals surface area contributed by atoms with E-state index in [0.29, 0.717) is 16.3 Å². The number of nitrogens with one attached hydrogen (secondary N) is 1. The number of hydrogen-bond donors (Lipinski definition) is 1. The molecule has 1 unspecified atom stereocenters. The lowest BCUT2D eigenvalue weighted by molar-refractivity contribution is -0.140. The summed E-state index contributed by atoms with van der Waals surface area (Å²) in [5, 5.41) is 3.59. The number of halogens is 2. The Morgan fingerprint density at radius 3 is 2.11 bits per heavy atom. The van der Waals surface area contributed by atoms with E-state index < -0.39 is 34.1 Å². The number of benzene rings is 4. The zero-order valence-electron chi connectivity index (χ0n) is 27.0. The molecule has 0 bridgehead atoms. The molecule has 1 atom stereocenters. The average Bonchev–Trinajstić information content (AvgIpc) is 3.02. The normalized spacial score (nSPS) is 12.2. The number of rotatable bonds is 12. The van der Waals surface area contributed by atoms with Crippen LogP contribution in [0, 0.1) is 6.92 Å². The molecule has 4 rings (SSSR count). The highest BCUT2D eigenvalue weighted by Crippen LogP contribution is 2.32. The largest absolute Gasteiger partial charge is 0.495 e. The third kappa shape index (κ3) is 9.28. The first kappa shape index (κ1) is 35.8. The lowest BCUT2D eigenvalue weighted by Crippen LogP contribution is -2.56. The summed E-state index contributed by atoms with van der Waals surface area (Å²) in [4.78, 5) is 30.0. The van der Waals surface area contributed by atoms with Gasteiger partial charge in [-0.05, 0) is 75.2 Å². The summed E-state index contributed by atoms with van der Waals surface area (Å²) >= 11 is 13.0. The van der Waals surface area contributed by atoms with Crippen molar-refractivity contribution in [3.63, 3.8) is 0 Å². The molecule has 0 saturated heterocycles. The summed E-state index contributed by atoms with van der Waals surface area (Å²) in [5.74, 6) is -0.656. The number of anilines is 1. The van der Waals surface area contributed by atoms with Crippen LogP contribution in [0.2, 0.25) is 10.0 Å². The number of carbonyl (C=O) groups is 2. The maximum Gasteiger partial charge on any atom is 0.264 e. The van der Waals surface area contributed by atoms with Gasteiger partial charge in [0.15, 0.2) is 0 Å². The average molecular weight is 697 g/mol. The maximum absolute atomic E-state index is 14.6. The van der Waals surface area contributed by atoms with Crippen LogP contribution in [0.25, 0.3) is 0 Å². The Morgan fingerprint density at radius 2 is 1.51 bits per heavy atom. The topological polar surface area (TPSA) is 96.0 Å². The van der Waals surface area contributed by atoms with Crippen molar-refractivity contribution in [1.82, 2.24) is 10.2 Å². The maximum atomic E-state index is 14.6. The molecule has 0 radical (unpaired) electrons. The fourth-order valence-corrected chi connectivity index (χ4v) is 6.85. The molecule has 8 nitrogen and oxygen atoms in total. The van der Waals surface area contributed by atoms with Crippen LogP contribution >= 0.6 is 23.2 Å². The smallest absolute Gasteiger partial charge is 0.264 e. The van der Waals surface area contributed by atoms with Crippen LogP contribution in [0.1, 0.15) is 37.5 Å². The van der Waals surface area contributed by atoms with Gasteiger partial charge in [0.2, 0.25) is 11.8 Å². The van der Waals surface area contributed by atoms with Crippen molar-refractivity contribution < 1.29 is 22.7 Å². The van der Waals surface area contributed by atoms with E-state index in [4.69, 9.17) is 27.9 Å². The zero-order chi connectivity index (χ0) is 34.4. The van der Waals surface area contributed by atoms with Crippen molar-refractivity contribution in [3.8, 4) is 5.75 Å². The highest BCUT2D eigenvalue weighted by atomic mass is 35.5. The van der Waals surface area contributed by atoms with Crippen LogP contribution in [0.5, 0.6) is 5.75 Å². The second-order valence-electron chi connectivity index (χ2n) is 12.2. The Hall–Kier alpha value is -4.05. The SMILES string of the molecule is COc1ccc(N(CC(=O)N(Cc2ccccc2Cl)C(Cc2ccccc2)C(=O)NC(C)(C)C)S(=O)(=O)c2ccc(C)cc2)cc1Cl. The summed E-state index contributed by atoms with van der Waals surface area (Å²) in [5.41, 5.74) is 1.85. The Labute approximate surface area is 287 Å². The molecule has 0 aliphatic rings. The van der Waals surface area contributed by atoms with Gasteiger partial charge < -0.3 is 15.0 Å². The zero-order valence-corrected chi connectivity index (χ0v) is 29.4. The first-order chi connectivity index (χ1) is 22.2. The van der Waals surface area contributed by atoms with Gasteiger partial charge in [-0.15, -0.1) is 0 Å². The molecule has 0 aliphatic heterocycles. The van der Waals surface area contributed by atoms with Crippen LogP contribution in [-0.2, 0) is 32.6 Å². The van der Waals surface area contributed by atoms with Crippen molar-refractivity contribution in [2.24, 2.45) is 0 Å². The van der Waals surface area contributed by atoms with Crippen molar-refractivity contribution in [3.05, 3.63) is 124 Å². The first-order valence-electron chi connectivity index (χ1n) is 15.0. The second kappa shape index (κ2) is 15.2. The molecule has 4 aromatic rings. The Kier molecular flexibility index (Phi) is 11.6. The van der Waals surface area contributed by atoms with Crippen LogP contribution in [0.4, 0.5) is 5.69 Å². The Bertz CT molecular complexity index is 1810. The van der Waals surface area contributed by atoms with Gasteiger partial charge in [-0.25, -0.2) is 8.42 Å². The van der Waals surface area contributed by atoms with Crippen molar-refractivity contribution >= 4 is 50.7 Å². The molecule has 1 N–H and O–H groups in total. The van der Waals surface area contributed by atoms with E-state index >= 15 is 0 Å². The van der Waals surface area contributed by atoms with Crippen LogP contribution < -0.4 is 14.4 Å². The number of nitrogens with zero attached hydrogens (tertiary/aromatic N) is 2. The Morgan fingerprint density at radius 1 is 0.872 bits per heavy atom. The summed E-state index contributed by atoms with van der Waals surface area (Å²) in [6.45, 7) is 6.74. The molecule has 0 fully saturated rings. The van der Waals surface area contributed by atoms with Crippen molar-refractivity contribution in [2.45, 2.75) is 57.1 Å². The molecule has 2 amide bonds. The monoisotopic (exact) mass is 695 g/mol. The summed E-state index contributed by atoms with van der Waals surface area (Å²) in [6, 6.07) is 26.2. The highest BCUT2D eigenvalue weighted by molar-refractivity contribution is 7.92. The molecule has 0 saturated carbocycles. The summed E-state index contributed by atoms with van der Waals surface area (Å²) in [7, 11) is -2.84. The predicted molar refractivity (Wildman–Crippen MR) is 188 cm³/mol. The summed E-state index contributed by atoms with van der Waals surface area (Å²) in [6.07, 6.45) is 0.179. The van der Waals surface area contributed by atoms with E-state index in [9.17, 15) is 18.0 Å². The molecular weight excluding hydrogens is 657 g/mol. The Balaban J connectivity index is 1.85. The lowest BCUT2D eigenvalue weighted by atomic mass is 10.0. The number of sulfonamides is 1. The van der Waals surface area contributed by atoms with E-state index in [2.05, 4.69) is 5.32 Å². The van der Waals surface area contributed by atoms with Gasteiger partial charge in [-0.1, -0.05) is 89.4 Å². The first-order valence-corrected chi connectivity index (χ1v) is 17.2. The fourth-order valence-electron chi connectivity index (χ4n) is 4.99. The van der Waals surface area contributed by atoms with Crippen molar-refractivity contribution in [2.75, 3.05) is 18.0 Å². The van der Waals surface area contributed by atoms with Crippen LogP contribution in [0.15, 0.2) is 102 Å². The van der Waals surface area contributed by atoms with Gasteiger partial charge in [0.05, 0.1) is 22.7 Å². The van der Waals surface area contributed by atoms with Gasteiger partial charge in [0, 0.05) is 23.5 Å². The molecule has 11 heteroatoms. The van der Waals surface area contributed by atoms with E-state index in [0.717, 1.165) is 15.4 Å². The highest BCUT2D eigenvalue weighted by Gasteiger charge is 2.36. The number of carbonyl (C=O) groups excluding carboxylic acids is 2. The number of methoxy groups -OCH3 is 1. The number of hydrogen-bond acceptors (Lipinski definition) is 5. The van der Waals surface area contributed by atoms with E-state index in [1.54, 1.807) is 36.4 Å². The van der Waals surface area contributed by atoms with E-state index in [1.807, 2.05) is 58.0 Å². The van der Waals surface area contributed by atoms with Gasteiger partial charge in [-0.3, -0.25) is 13.9 Å². The third-order valence-electron chi connectivity index (χ3n) is 7.38. The molecule has 248 valence electrons. The minimum Gasteiger partial charge on any atom is -0.495 e. The summed E-state index contributed by atoms with van der Waals surface area (Å²) < 4.78 is 34.8. The minimum absolute atomic E-state index is 0.00759. The molecule has 4 aromatic carbocycles. The fraction of sp³-hybridized carbons (Fsp3) is 0.278. The minimum atomic E-state index is -4.29. The number of aryl methyl sites for hydroxylation is 1. The standard InChI is InChI=1S/C36H39Cl2N3O5S/c1-25-15-18-29(19-16-25)47(44,45)41(28-17-20-33(46-5)31(38)22-28)24-34(42)40(23-27-13-9-10-14-30(27)37)32(35(43)39-36(2,3)4)21-26-11-7-6-8-12-26/h6-20,22,32H,21,23-24H2,1-5H3,(H,39,43). The van der Waals surface area contributed by atoms with Gasteiger partial charge in [-0.2, -0.15) is 0 Å². The quantitative estimate of drug-likeness (QED) is 0.171. The third-order valence-corrected chi connectivity index (χ3v) is 9.83. The molecule has 0 spiro atoms. The predicted octanol–water partition coefficient (Wildman–Crippen LogP) is 7.06. The number of amides is 2. The molecule has 47 heavy (non-hydrogen) atoms. The number of ether oxygens (including phenoxy) is 1. The van der Waals surface area contributed by atoms with Crippen molar-refractivity contribution in [1.29, 1.82) is 0 Å². The van der Waals surface area contributed by atoms with Gasteiger partial charge in [0.25, 0.3) is 10.0 Å². The molecule has 0 heterocycles. The molecule has 0 aromatic heterocycles. The second-order valence-corrected chi connectivity index (χ2v) is 14.9. The van der Waals surface area contributed by atoms with E-state index in [1.165, 1.54) is 42.3 Å². The van der Waals surface area contributed by atoms with E-state index in [-0.39, 0.29) is 34.5 Å².